The van der Waals surface area contributed by atoms with Gasteiger partial charge in [-0.25, -0.2) is 0 Å². The molecular weight excluding hydrogens is 475 g/mol. The van der Waals surface area contributed by atoms with Gasteiger partial charge in [-0.1, -0.05) is 0 Å². The second kappa shape index (κ2) is 8.85. The van der Waals surface area contributed by atoms with Crippen molar-refractivity contribution in [2.24, 2.45) is 0 Å². The van der Waals surface area contributed by atoms with Gasteiger partial charge in [-0.2, -0.15) is 0 Å². The Morgan fingerprint density at radius 3 is 1.31 bits per heavy atom. The zero-order valence-electron chi connectivity index (χ0n) is 19.2. The quantitative estimate of drug-likeness (QED) is 0.258. The van der Waals surface area contributed by atoms with Gasteiger partial charge < -0.3 is 0 Å². The van der Waals surface area contributed by atoms with Crippen LogP contribution in [0.4, 0.5) is 0 Å². The van der Waals surface area contributed by atoms with E-state index >= 15 is 0 Å². The van der Waals surface area contributed by atoms with Crippen LogP contribution in [-0.4, -0.2) is 7.11 Å². The van der Waals surface area contributed by atoms with Crippen LogP contribution in [0.25, 0.3) is 0 Å². The third-order valence-corrected chi connectivity index (χ3v) is 16.2. The molecule has 0 aliphatic rings. The summed E-state index contributed by atoms with van der Waals surface area (Å²) in [4.78, 5) is 0. The van der Waals surface area contributed by atoms with Gasteiger partial charge in [0.2, 0.25) is 0 Å². The summed E-state index contributed by atoms with van der Waals surface area (Å²) in [6, 6.07) is 35.2. The molecule has 0 spiro atoms. The van der Waals surface area contributed by atoms with E-state index in [4.69, 9.17) is 4.74 Å². The zero-order chi connectivity index (χ0) is 22.8. The van der Waals surface area contributed by atoms with Crippen molar-refractivity contribution in [3.05, 3.63) is 119 Å². The first-order chi connectivity index (χ1) is 15.4. The number of hydrogen-bond donors (Lipinski definition) is 0. The molecule has 0 N–H and O–H groups in total. The van der Waals surface area contributed by atoms with Gasteiger partial charge in [0, 0.05) is 0 Å². The van der Waals surface area contributed by atoms with Crippen LogP contribution in [0, 0.1) is 20.8 Å². The van der Waals surface area contributed by atoms with Crippen LogP contribution < -0.4 is 20.7 Å². The first kappa shape index (κ1) is 22.8. The monoisotopic (exact) mass is 504 g/mol. The van der Waals surface area contributed by atoms with Crippen molar-refractivity contribution in [1.82, 2.24) is 0 Å². The molecule has 0 aliphatic heterocycles. The summed E-state index contributed by atoms with van der Waals surface area (Å²) in [6.07, 6.45) is 0.885. The normalized spacial score (nSPS) is 12.7. The number of benzene rings is 4. The number of hydrogen-bond acceptors (Lipinski definition) is 1. The molecule has 0 atom stereocenters. The van der Waals surface area contributed by atoms with E-state index in [0.717, 1.165) is 11.9 Å². The average Bonchev–Trinajstić information content (AvgIpc) is 2.80. The Labute approximate surface area is 200 Å². The molecular formula is C29H30BrOP. The predicted octanol–water partition coefficient (Wildman–Crippen LogP) is 6.96. The maximum absolute atomic E-state index is 5.43. The standard InChI is InChI=1S/C29H30BrOP/c1-22-11-5-8-14-27(22)32(30,28-15-9-6-12-23(28)2,29-16-10-7-13-24(29)3)21-25-17-19-26(31-4)20-18-25/h5-20H,21H2,1-4H3. The molecule has 4 rings (SSSR count). The Bertz CT molecular complexity index is 1130. The maximum atomic E-state index is 5.43. The Balaban J connectivity index is 2.16. The fourth-order valence-electron chi connectivity index (χ4n) is 4.98. The molecule has 0 bridgehead atoms. The SMILES string of the molecule is COc1ccc(CP(Br)(c2ccccc2C)(c2ccccc2C)c2ccccc2C)cc1. The van der Waals surface area contributed by atoms with Gasteiger partial charge in [0.25, 0.3) is 0 Å². The van der Waals surface area contributed by atoms with Crippen LogP contribution in [-0.2, 0) is 6.16 Å². The first-order valence-electron chi connectivity index (χ1n) is 10.9. The molecule has 0 fully saturated rings. The predicted molar refractivity (Wildman–Crippen MR) is 145 cm³/mol. The number of ether oxygens (including phenoxy) is 1. The van der Waals surface area contributed by atoms with E-state index in [-0.39, 0.29) is 0 Å². The van der Waals surface area contributed by atoms with Gasteiger partial charge in [0.1, 0.15) is 0 Å². The minimum absolute atomic E-state index is 0.881. The van der Waals surface area contributed by atoms with Crippen LogP contribution in [0.2, 0.25) is 0 Å². The number of aryl methyl sites for hydroxylation is 3. The zero-order valence-corrected chi connectivity index (χ0v) is 21.7. The fourth-order valence-corrected chi connectivity index (χ4v) is 15.2. The van der Waals surface area contributed by atoms with Gasteiger partial charge in [-0.3, -0.25) is 0 Å². The second-order valence-electron chi connectivity index (χ2n) is 8.55. The summed E-state index contributed by atoms with van der Waals surface area (Å²) in [5, 5.41) is 1.08. The molecule has 3 heteroatoms. The summed E-state index contributed by atoms with van der Waals surface area (Å²) in [5.74, 6) is 0.881. The summed E-state index contributed by atoms with van der Waals surface area (Å²) < 4.78 is 5.43. The van der Waals surface area contributed by atoms with Crippen molar-refractivity contribution < 1.29 is 4.74 Å². The molecule has 0 unspecified atom stereocenters. The molecule has 4 aromatic carbocycles. The minimum atomic E-state index is -3.08. The van der Waals surface area contributed by atoms with E-state index in [9.17, 15) is 0 Å². The first-order valence-corrected chi connectivity index (χ1v) is 15.4. The Kier molecular flexibility index (Phi) is 6.30. The average molecular weight is 505 g/mol. The van der Waals surface area contributed by atoms with E-state index in [1.165, 1.54) is 38.2 Å². The molecule has 4 aromatic rings. The van der Waals surface area contributed by atoms with Gasteiger partial charge >= 0.3 is 201 Å². The Morgan fingerprint density at radius 2 is 0.969 bits per heavy atom. The van der Waals surface area contributed by atoms with E-state index in [0.29, 0.717) is 0 Å². The second-order valence-corrected chi connectivity index (χ2v) is 17.4. The van der Waals surface area contributed by atoms with Crippen molar-refractivity contribution in [1.29, 1.82) is 0 Å². The third kappa shape index (κ3) is 3.70. The summed E-state index contributed by atoms with van der Waals surface area (Å²) in [5.41, 5.74) is 5.21. The van der Waals surface area contributed by atoms with E-state index in [2.05, 4.69) is 133 Å². The fraction of sp³-hybridized carbons (Fsp3) is 0.172. The van der Waals surface area contributed by atoms with E-state index in [1.54, 1.807) is 7.11 Å². The molecule has 0 aromatic heterocycles. The van der Waals surface area contributed by atoms with Crippen LogP contribution in [0.15, 0.2) is 97.1 Å². The molecule has 164 valence electrons. The molecule has 0 saturated heterocycles. The summed E-state index contributed by atoms with van der Waals surface area (Å²) in [7, 11) is 1.72. The van der Waals surface area contributed by atoms with Crippen LogP contribution in [0.1, 0.15) is 22.3 Å². The molecule has 0 saturated carbocycles. The van der Waals surface area contributed by atoms with Gasteiger partial charge in [-0.15, -0.1) is 0 Å². The van der Waals surface area contributed by atoms with Crippen molar-refractivity contribution in [3.63, 3.8) is 0 Å². The van der Waals surface area contributed by atoms with E-state index in [1.807, 2.05) is 0 Å². The summed E-state index contributed by atoms with van der Waals surface area (Å²) in [6.45, 7) is 6.72. The van der Waals surface area contributed by atoms with Gasteiger partial charge in [0.15, 0.2) is 0 Å². The topological polar surface area (TPSA) is 9.23 Å². The number of rotatable bonds is 6. The van der Waals surface area contributed by atoms with Crippen molar-refractivity contribution in [2.45, 2.75) is 26.9 Å². The Hall–Kier alpha value is -2.41. The van der Waals surface area contributed by atoms with Gasteiger partial charge in [-0.05, 0) is 0 Å². The van der Waals surface area contributed by atoms with Gasteiger partial charge in [0.05, 0.1) is 0 Å². The molecule has 0 heterocycles. The third-order valence-electron chi connectivity index (χ3n) is 6.49. The molecule has 32 heavy (non-hydrogen) atoms. The van der Waals surface area contributed by atoms with Crippen LogP contribution in [0.5, 0.6) is 5.75 Å². The van der Waals surface area contributed by atoms with Crippen LogP contribution >= 0.6 is 20.8 Å². The molecule has 0 radical (unpaired) electrons. The van der Waals surface area contributed by atoms with Crippen LogP contribution in [0.3, 0.4) is 0 Å². The summed E-state index contributed by atoms with van der Waals surface area (Å²) >= 11 is 4.64. The van der Waals surface area contributed by atoms with Crippen molar-refractivity contribution in [2.75, 3.05) is 7.11 Å². The molecule has 1 nitrogen and oxygen atoms in total. The Morgan fingerprint density at radius 1 is 0.594 bits per heavy atom. The number of methoxy groups -OCH3 is 1. The molecule has 0 aliphatic carbocycles. The number of halogens is 1. The van der Waals surface area contributed by atoms with Crippen molar-refractivity contribution >= 4 is 36.7 Å². The van der Waals surface area contributed by atoms with Crippen molar-refractivity contribution in [3.8, 4) is 5.75 Å². The van der Waals surface area contributed by atoms with E-state index < -0.39 is 5.31 Å². The molecule has 0 amide bonds.